The molecule has 4 heterocycles. The summed E-state index contributed by atoms with van der Waals surface area (Å²) in [5.41, 5.74) is 1.73. The van der Waals surface area contributed by atoms with Crippen LogP contribution in [0.5, 0.6) is 5.75 Å². The Bertz CT molecular complexity index is 1270. The lowest BCUT2D eigenvalue weighted by molar-refractivity contribution is -0.0156. The molecule has 7 nitrogen and oxygen atoms in total. The van der Waals surface area contributed by atoms with Crippen LogP contribution in [0.3, 0.4) is 0 Å². The van der Waals surface area contributed by atoms with Gasteiger partial charge in [-0.3, -0.25) is 0 Å². The largest absolute Gasteiger partial charge is 0.491 e. The highest BCUT2D eigenvalue weighted by Gasteiger charge is 2.28. The third-order valence-electron chi connectivity index (χ3n) is 6.22. The van der Waals surface area contributed by atoms with Gasteiger partial charge in [0.2, 0.25) is 0 Å². The molecule has 0 amide bonds. The number of nitrogens with one attached hydrogen (secondary N) is 1. The molecule has 2 atom stereocenters. The second-order valence-corrected chi connectivity index (χ2v) is 8.96. The van der Waals surface area contributed by atoms with Crippen molar-refractivity contribution in [3.63, 3.8) is 0 Å². The number of ether oxygens (including phenoxy) is 2. The van der Waals surface area contributed by atoms with E-state index in [1.165, 1.54) is 19.2 Å². The smallest absolute Gasteiger partial charge is 0.146 e. The summed E-state index contributed by atoms with van der Waals surface area (Å²) in [4.78, 5) is 13.2. The molecule has 2 unspecified atom stereocenters. The summed E-state index contributed by atoms with van der Waals surface area (Å²) >= 11 is 6.17. The first-order chi connectivity index (χ1) is 15.7. The van der Waals surface area contributed by atoms with Crippen molar-refractivity contribution in [2.75, 3.05) is 18.5 Å². The van der Waals surface area contributed by atoms with Crippen LogP contribution in [-0.4, -0.2) is 38.8 Å². The number of benzene rings is 1. The molecule has 164 valence electrons. The molecule has 6 rings (SSSR count). The Labute approximate surface area is 190 Å². The highest BCUT2D eigenvalue weighted by molar-refractivity contribution is 6.33. The Morgan fingerprint density at radius 2 is 2.00 bits per heavy atom. The molecule has 1 saturated heterocycles. The van der Waals surface area contributed by atoms with Crippen LogP contribution in [0.1, 0.15) is 31.9 Å². The maximum absolute atomic E-state index is 6.25. The molecular weight excluding hydrogens is 426 g/mol. The molecule has 2 fully saturated rings. The van der Waals surface area contributed by atoms with Gasteiger partial charge in [-0.15, -0.1) is 0 Å². The zero-order chi connectivity index (χ0) is 21.5. The minimum Gasteiger partial charge on any atom is -0.491 e. The number of aromatic nitrogens is 4. The van der Waals surface area contributed by atoms with Crippen LogP contribution in [0, 0.1) is 5.92 Å². The van der Waals surface area contributed by atoms with Crippen LogP contribution >= 0.6 is 11.6 Å². The molecule has 0 radical (unpaired) electrons. The molecule has 8 heteroatoms. The van der Waals surface area contributed by atoms with E-state index in [2.05, 4.69) is 27.4 Å². The molecule has 3 aromatic heterocycles. The molecule has 0 bridgehead atoms. The fourth-order valence-corrected chi connectivity index (χ4v) is 4.42. The summed E-state index contributed by atoms with van der Waals surface area (Å²) < 4.78 is 14.4. The first-order valence-electron chi connectivity index (χ1n) is 11.1. The van der Waals surface area contributed by atoms with Gasteiger partial charge in [-0.2, -0.15) is 0 Å². The van der Waals surface area contributed by atoms with Gasteiger partial charge in [0.15, 0.2) is 0 Å². The Balaban J connectivity index is 1.10. The number of fused-ring (bicyclic) bond motifs is 2. The average molecular weight is 450 g/mol. The van der Waals surface area contributed by atoms with E-state index in [1.807, 2.05) is 35.0 Å². The molecule has 1 saturated carbocycles. The third kappa shape index (κ3) is 3.98. The number of pyridine rings is 1. The van der Waals surface area contributed by atoms with Gasteiger partial charge in [0.1, 0.15) is 41.5 Å². The molecule has 1 aliphatic heterocycles. The zero-order valence-corrected chi connectivity index (χ0v) is 18.3. The normalized spacial score (nSPS) is 20.8. The molecule has 1 N–H and O–H groups in total. The lowest BCUT2D eigenvalue weighted by Gasteiger charge is -2.16. The van der Waals surface area contributed by atoms with Crippen molar-refractivity contribution in [1.82, 2.24) is 19.5 Å². The monoisotopic (exact) mass is 449 g/mol. The Kier molecular flexibility index (Phi) is 5.08. The second-order valence-electron chi connectivity index (χ2n) is 8.60. The molecule has 1 aliphatic carbocycles. The minimum atomic E-state index is -0.0783. The van der Waals surface area contributed by atoms with E-state index >= 15 is 0 Å². The van der Waals surface area contributed by atoms with Crippen molar-refractivity contribution in [3.8, 4) is 5.75 Å². The van der Waals surface area contributed by atoms with Crippen molar-refractivity contribution >= 4 is 39.4 Å². The summed E-state index contributed by atoms with van der Waals surface area (Å²) in [6, 6.07) is 12.1. The number of hydrogen-bond donors (Lipinski definition) is 1. The number of halogens is 1. The van der Waals surface area contributed by atoms with Gasteiger partial charge in [0, 0.05) is 24.2 Å². The lowest BCUT2D eigenvalue weighted by Crippen LogP contribution is -2.18. The topological polar surface area (TPSA) is 74.1 Å². The number of rotatable bonds is 7. The van der Waals surface area contributed by atoms with Crippen molar-refractivity contribution in [1.29, 1.82) is 0 Å². The predicted molar refractivity (Wildman–Crippen MR) is 124 cm³/mol. The van der Waals surface area contributed by atoms with E-state index in [0.717, 1.165) is 58.8 Å². The highest BCUT2D eigenvalue weighted by Crippen LogP contribution is 2.33. The maximum atomic E-state index is 6.25. The minimum absolute atomic E-state index is 0.0185. The Morgan fingerprint density at radius 1 is 1.09 bits per heavy atom. The molecule has 4 aromatic rings. The van der Waals surface area contributed by atoms with Crippen LogP contribution in [0.4, 0.5) is 5.82 Å². The van der Waals surface area contributed by atoms with Gasteiger partial charge < -0.3 is 19.4 Å². The molecule has 0 spiro atoms. The van der Waals surface area contributed by atoms with Gasteiger partial charge in [-0.1, -0.05) is 11.6 Å². The quantitative estimate of drug-likeness (QED) is 0.390. The summed E-state index contributed by atoms with van der Waals surface area (Å²) in [6.45, 7) is 1.50. The first kappa shape index (κ1) is 19.8. The number of nitrogens with zero attached hydrogens (tertiary/aromatic N) is 4. The maximum Gasteiger partial charge on any atom is 0.146 e. The van der Waals surface area contributed by atoms with Gasteiger partial charge >= 0.3 is 0 Å². The van der Waals surface area contributed by atoms with E-state index in [-0.39, 0.29) is 12.3 Å². The summed E-state index contributed by atoms with van der Waals surface area (Å²) in [6.07, 6.45) is 7.85. The van der Waals surface area contributed by atoms with Gasteiger partial charge in [-0.05, 0) is 61.9 Å². The Morgan fingerprint density at radius 3 is 2.91 bits per heavy atom. The van der Waals surface area contributed by atoms with E-state index < -0.39 is 0 Å². The standard InChI is InChI=1S/C24H24ClN5O2/c25-23-19-9-10-30(24(19)28-14-27-23)22-8-6-18(32-22)13-31-17-5-3-16-4-7-21(29-20(16)11-17)26-12-15-1-2-15/h3-5,7,9-11,14-15,18,22H,1-2,6,8,12-13H2,(H,26,29). The fourth-order valence-electron chi connectivity index (χ4n) is 4.23. The van der Waals surface area contributed by atoms with Gasteiger partial charge in [0.05, 0.1) is 17.0 Å². The lowest BCUT2D eigenvalue weighted by atomic mass is 10.2. The number of anilines is 1. The van der Waals surface area contributed by atoms with E-state index in [0.29, 0.717) is 11.8 Å². The van der Waals surface area contributed by atoms with Crippen LogP contribution in [0.2, 0.25) is 5.15 Å². The molecule has 32 heavy (non-hydrogen) atoms. The van der Waals surface area contributed by atoms with Crippen LogP contribution in [-0.2, 0) is 4.74 Å². The van der Waals surface area contributed by atoms with E-state index in [1.54, 1.807) is 0 Å². The first-order valence-corrected chi connectivity index (χ1v) is 11.5. The molecular formula is C24H24ClN5O2. The zero-order valence-electron chi connectivity index (χ0n) is 17.6. The summed E-state index contributed by atoms with van der Waals surface area (Å²) in [5, 5.41) is 5.84. The Hall–Kier alpha value is -2.90. The predicted octanol–water partition coefficient (Wildman–Crippen LogP) is 5.21. The average Bonchev–Trinajstić information content (AvgIpc) is 3.34. The SMILES string of the molecule is Clc1ncnc2c1ccn2C1CCC(COc2ccc3ccc(NCC4CC4)nc3c2)O1. The van der Waals surface area contributed by atoms with Crippen LogP contribution in [0.15, 0.2) is 48.9 Å². The van der Waals surface area contributed by atoms with Crippen molar-refractivity contribution in [2.45, 2.75) is 38.0 Å². The van der Waals surface area contributed by atoms with Gasteiger partial charge in [0.25, 0.3) is 0 Å². The molecule has 2 aliphatic rings. The molecule has 1 aromatic carbocycles. The van der Waals surface area contributed by atoms with E-state index in [4.69, 9.17) is 26.1 Å². The summed E-state index contributed by atoms with van der Waals surface area (Å²) in [7, 11) is 0. The van der Waals surface area contributed by atoms with Crippen molar-refractivity contribution in [2.24, 2.45) is 5.92 Å². The second kappa shape index (κ2) is 8.22. The third-order valence-corrected chi connectivity index (χ3v) is 6.53. The number of hydrogen-bond acceptors (Lipinski definition) is 6. The highest BCUT2D eigenvalue weighted by atomic mass is 35.5. The van der Waals surface area contributed by atoms with Crippen molar-refractivity contribution in [3.05, 3.63) is 54.1 Å². The van der Waals surface area contributed by atoms with Crippen LogP contribution in [0.25, 0.3) is 21.9 Å². The fraction of sp³-hybridized carbons (Fsp3) is 0.375. The van der Waals surface area contributed by atoms with Crippen LogP contribution < -0.4 is 10.1 Å². The van der Waals surface area contributed by atoms with E-state index in [9.17, 15) is 0 Å². The van der Waals surface area contributed by atoms with Crippen molar-refractivity contribution < 1.29 is 9.47 Å². The summed E-state index contributed by atoms with van der Waals surface area (Å²) in [5.74, 6) is 2.54. The van der Waals surface area contributed by atoms with Gasteiger partial charge in [-0.25, -0.2) is 15.0 Å².